The van der Waals surface area contributed by atoms with Crippen LogP contribution in [0.5, 0.6) is 0 Å². The van der Waals surface area contributed by atoms with E-state index in [2.05, 4.69) is 56.4 Å². The maximum atomic E-state index is 12.8. The van der Waals surface area contributed by atoms with Gasteiger partial charge in [-0.1, -0.05) is 159 Å². The summed E-state index contributed by atoms with van der Waals surface area (Å²) in [6.45, 7) is 3.15. The number of unbranched alkanes of at least 4 members (excludes halogenated alkanes) is 17. The first-order valence-corrected chi connectivity index (χ1v) is 24.4. The van der Waals surface area contributed by atoms with Crippen LogP contribution in [0.4, 0.5) is 0 Å². The fourth-order valence-corrected chi connectivity index (χ4v) is 7.72. The van der Waals surface area contributed by atoms with Crippen LogP contribution in [0.25, 0.3) is 0 Å². The average molecular weight is 873 g/mol. The molecule has 0 saturated heterocycles. The standard InChI is InChI=1S/C46H81O13P/c1-3-5-7-9-11-13-15-17-19-21-22-24-26-28-30-32-34-39(47)56-36-38(37-57-60(54,55)59-46-44(52)42(50)41(49)43(51)45(46)53)58-40(48)35-33-31-29-27-25-23-20-18-16-14-12-10-8-6-4-2/h6,8,12,14,18,20,25,27,38,41-46,49-53H,3-5,7,9-11,13,15-17,19,21-24,26,28-37H2,1-2H3,(H,54,55)/b8-6-,14-12-,20-18-,27-25-. The molecule has 6 N–H and O–H groups in total. The first-order chi connectivity index (χ1) is 28.9. The maximum Gasteiger partial charge on any atom is 0.472 e. The number of allylic oxidation sites excluding steroid dienone is 8. The van der Waals surface area contributed by atoms with Crippen LogP contribution in [0, 0.1) is 0 Å². The van der Waals surface area contributed by atoms with Gasteiger partial charge < -0.3 is 39.9 Å². The van der Waals surface area contributed by atoms with Crippen LogP contribution in [0.2, 0.25) is 0 Å². The molecule has 1 aliphatic rings. The summed E-state index contributed by atoms with van der Waals surface area (Å²) in [5, 5.41) is 50.1. The van der Waals surface area contributed by atoms with Gasteiger partial charge in [0.15, 0.2) is 6.10 Å². The monoisotopic (exact) mass is 873 g/mol. The normalized spacial score (nSPS) is 22.6. The van der Waals surface area contributed by atoms with Crippen LogP contribution >= 0.6 is 7.82 Å². The van der Waals surface area contributed by atoms with Gasteiger partial charge in [0.1, 0.15) is 43.2 Å². The quantitative estimate of drug-likeness (QED) is 0.0149. The van der Waals surface area contributed by atoms with Crippen LogP contribution in [-0.2, 0) is 32.7 Å². The van der Waals surface area contributed by atoms with Crippen LogP contribution in [0.15, 0.2) is 48.6 Å². The van der Waals surface area contributed by atoms with E-state index in [4.69, 9.17) is 18.5 Å². The number of aliphatic hydroxyl groups excluding tert-OH is 5. The largest absolute Gasteiger partial charge is 0.472 e. The third kappa shape index (κ3) is 28.4. The van der Waals surface area contributed by atoms with Crippen molar-refractivity contribution in [1.29, 1.82) is 0 Å². The third-order valence-electron chi connectivity index (χ3n) is 10.4. The van der Waals surface area contributed by atoms with Gasteiger partial charge in [-0.15, -0.1) is 0 Å². The second kappa shape index (κ2) is 36.3. The molecule has 13 nitrogen and oxygen atoms in total. The van der Waals surface area contributed by atoms with Gasteiger partial charge in [-0.25, -0.2) is 4.57 Å². The maximum absolute atomic E-state index is 12.8. The summed E-state index contributed by atoms with van der Waals surface area (Å²) in [5.41, 5.74) is 0. The van der Waals surface area contributed by atoms with Gasteiger partial charge in [0.25, 0.3) is 0 Å². The molecule has 0 aromatic carbocycles. The summed E-state index contributed by atoms with van der Waals surface area (Å²) in [6, 6.07) is 0. The van der Waals surface area contributed by atoms with E-state index in [1.165, 1.54) is 77.0 Å². The molecule has 1 fully saturated rings. The van der Waals surface area contributed by atoms with E-state index in [0.717, 1.165) is 57.8 Å². The number of phosphoric ester groups is 1. The number of esters is 2. The lowest BCUT2D eigenvalue weighted by molar-refractivity contribution is -0.220. The Kier molecular flexibility index (Phi) is 33.8. The van der Waals surface area contributed by atoms with Crippen molar-refractivity contribution in [3.63, 3.8) is 0 Å². The molecule has 14 heteroatoms. The molecule has 1 rings (SSSR count). The molecular formula is C46H81O13P. The highest BCUT2D eigenvalue weighted by atomic mass is 31.2. The molecule has 0 aromatic rings. The van der Waals surface area contributed by atoms with E-state index in [9.17, 15) is 44.6 Å². The molecule has 0 bridgehead atoms. The molecular weight excluding hydrogens is 791 g/mol. The van der Waals surface area contributed by atoms with Gasteiger partial charge >= 0.3 is 19.8 Å². The number of carbonyl (C=O) groups is 2. The molecule has 0 aromatic heterocycles. The van der Waals surface area contributed by atoms with Crippen LogP contribution < -0.4 is 0 Å². The zero-order valence-electron chi connectivity index (χ0n) is 36.7. The number of rotatable bonds is 37. The molecule has 0 amide bonds. The fraction of sp³-hybridized carbons (Fsp3) is 0.783. The molecule has 0 aliphatic heterocycles. The second-order valence-electron chi connectivity index (χ2n) is 15.9. The highest BCUT2D eigenvalue weighted by molar-refractivity contribution is 7.47. The summed E-state index contributed by atoms with van der Waals surface area (Å²) >= 11 is 0. The van der Waals surface area contributed by atoms with Crippen molar-refractivity contribution in [3.05, 3.63) is 48.6 Å². The van der Waals surface area contributed by atoms with Crippen LogP contribution in [0.3, 0.4) is 0 Å². The SMILES string of the molecule is CC/C=C\C/C=C\C/C=C\C/C=C\CCCCC(=O)OC(COC(=O)CCCCCCCCCCCCCCCCCC)COP(=O)(O)OC1C(O)C(O)C(O)C(O)C1O. The van der Waals surface area contributed by atoms with Crippen molar-refractivity contribution in [1.82, 2.24) is 0 Å². The molecule has 1 aliphatic carbocycles. The molecule has 6 unspecified atom stereocenters. The predicted octanol–water partition coefficient (Wildman–Crippen LogP) is 8.78. The van der Waals surface area contributed by atoms with E-state index in [1.807, 2.05) is 6.08 Å². The minimum Gasteiger partial charge on any atom is -0.462 e. The van der Waals surface area contributed by atoms with Gasteiger partial charge in [-0.2, -0.15) is 0 Å². The average Bonchev–Trinajstić information content (AvgIpc) is 3.23. The summed E-state index contributed by atoms with van der Waals surface area (Å²) < 4.78 is 33.5. The minimum absolute atomic E-state index is 0.0447. The highest BCUT2D eigenvalue weighted by Crippen LogP contribution is 2.47. The van der Waals surface area contributed by atoms with E-state index in [1.54, 1.807) is 0 Å². The number of hydrogen-bond donors (Lipinski definition) is 6. The van der Waals surface area contributed by atoms with Crippen molar-refractivity contribution in [2.45, 2.75) is 217 Å². The number of hydrogen-bond acceptors (Lipinski definition) is 12. The predicted molar refractivity (Wildman–Crippen MR) is 235 cm³/mol. The Balaban J connectivity index is 2.49. The molecule has 0 radical (unpaired) electrons. The van der Waals surface area contributed by atoms with Crippen molar-refractivity contribution >= 4 is 19.8 Å². The van der Waals surface area contributed by atoms with Crippen LogP contribution in [0.1, 0.15) is 174 Å². The van der Waals surface area contributed by atoms with E-state index < -0.39 is 75.7 Å². The van der Waals surface area contributed by atoms with Crippen LogP contribution in [-0.4, -0.2) is 98.3 Å². The zero-order chi connectivity index (χ0) is 44.3. The Hall–Kier alpha value is -2.19. The minimum atomic E-state index is -5.13. The lowest BCUT2D eigenvalue weighted by Gasteiger charge is -2.41. The number of aliphatic hydroxyl groups is 5. The van der Waals surface area contributed by atoms with Gasteiger partial charge in [0.2, 0.25) is 0 Å². The smallest absolute Gasteiger partial charge is 0.462 e. The summed E-state index contributed by atoms with van der Waals surface area (Å²) in [6.07, 6.45) is 28.9. The highest BCUT2D eigenvalue weighted by Gasteiger charge is 2.51. The Bertz CT molecular complexity index is 1240. The molecule has 1 saturated carbocycles. The topological polar surface area (TPSA) is 210 Å². The molecule has 0 spiro atoms. The number of ether oxygens (including phenoxy) is 2. The van der Waals surface area contributed by atoms with Gasteiger partial charge in [-0.05, 0) is 51.4 Å². The third-order valence-corrected chi connectivity index (χ3v) is 11.4. The summed E-state index contributed by atoms with van der Waals surface area (Å²) in [4.78, 5) is 35.7. The first-order valence-electron chi connectivity index (χ1n) is 22.9. The van der Waals surface area contributed by atoms with Crippen molar-refractivity contribution in [2.24, 2.45) is 0 Å². The molecule has 348 valence electrons. The van der Waals surface area contributed by atoms with Gasteiger partial charge in [-0.3, -0.25) is 18.6 Å². The first kappa shape index (κ1) is 55.8. The molecule has 60 heavy (non-hydrogen) atoms. The Morgan fingerprint density at radius 3 is 1.45 bits per heavy atom. The number of carbonyl (C=O) groups excluding carboxylic acids is 2. The lowest BCUT2D eigenvalue weighted by atomic mass is 9.85. The zero-order valence-corrected chi connectivity index (χ0v) is 37.6. The summed E-state index contributed by atoms with van der Waals surface area (Å²) in [5.74, 6) is -1.15. The fourth-order valence-electron chi connectivity index (χ4n) is 6.75. The second-order valence-corrected chi connectivity index (χ2v) is 17.3. The number of phosphoric acid groups is 1. The Morgan fingerprint density at radius 2 is 0.950 bits per heavy atom. The molecule has 0 heterocycles. The van der Waals surface area contributed by atoms with Crippen molar-refractivity contribution in [2.75, 3.05) is 13.2 Å². The summed E-state index contributed by atoms with van der Waals surface area (Å²) in [7, 11) is -5.13. The molecule has 6 atom stereocenters. The van der Waals surface area contributed by atoms with E-state index in [0.29, 0.717) is 12.8 Å². The van der Waals surface area contributed by atoms with Crippen molar-refractivity contribution in [3.8, 4) is 0 Å². The lowest BCUT2D eigenvalue weighted by Crippen LogP contribution is -2.64. The van der Waals surface area contributed by atoms with E-state index in [-0.39, 0.29) is 12.8 Å². The Morgan fingerprint density at radius 1 is 0.533 bits per heavy atom. The van der Waals surface area contributed by atoms with E-state index >= 15 is 0 Å². The van der Waals surface area contributed by atoms with Crippen molar-refractivity contribution < 1.29 is 63.1 Å². The van der Waals surface area contributed by atoms with Gasteiger partial charge in [0.05, 0.1) is 6.61 Å². The van der Waals surface area contributed by atoms with Gasteiger partial charge in [0, 0.05) is 12.8 Å². The Labute approximate surface area is 360 Å².